The third-order valence-corrected chi connectivity index (χ3v) is 4.23. The molecule has 0 spiro atoms. The first-order chi connectivity index (χ1) is 9.47. The van der Waals surface area contributed by atoms with Gasteiger partial charge in [-0.25, -0.2) is 0 Å². The number of carbonyl (C=O) groups is 1. The van der Waals surface area contributed by atoms with Gasteiger partial charge in [0.05, 0.1) is 0 Å². The van der Waals surface area contributed by atoms with Crippen LogP contribution in [-0.2, 0) is 4.79 Å². The summed E-state index contributed by atoms with van der Waals surface area (Å²) >= 11 is 0. The number of hydrogen-bond acceptors (Lipinski definition) is 3. The number of benzene rings is 1. The molecule has 1 aliphatic carbocycles. The van der Waals surface area contributed by atoms with Gasteiger partial charge in [-0.05, 0) is 57.4 Å². The lowest BCUT2D eigenvalue weighted by Crippen LogP contribution is -2.55. The maximum absolute atomic E-state index is 11.5. The fourth-order valence-corrected chi connectivity index (χ4v) is 2.87. The van der Waals surface area contributed by atoms with Crippen LogP contribution in [0.5, 0.6) is 5.75 Å². The molecule has 0 aliphatic heterocycles. The molecule has 0 heterocycles. The second-order valence-corrected chi connectivity index (χ2v) is 5.74. The SMILES string of the molecule is CNC1(C(=O)O)CCCC(Oc2cc(C)ccc2C)C1. The van der Waals surface area contributed by atoms with E-state index in [1.807, 2.05) is 26.0 Å². The lowest BCUT2D eigenvalue weighted by atomic mass is 9.80. The van der Waals surface area contributed by atoms with Gasteiger partial charge >= 0.3 is 5.97 Å². The van der Waals surface area contributed by atoms with Crippen molar-refractivity contribution in [1.29, 1.82) is 0 Å². The van der Waals surface area contributed by atoms with Crippen LogP contribution in [0.2, 0.25) is 0 Å². The van der Waals surface area contributed by atoms with E-state index < -0.39 is 11.5 Å². The zero-order valence-electron chi connectivity index (χ0n) is 12.4. The lowest BCUT2D eigenvalue weighted by Gasteiger charge is -2.37. The van der Waals surface area contributed by atoms with Crippen LogP contribution >= 0.6 is 0 Å². The van der Waals surface area contributed by atoms with Crippen molar-refractivity contribution < 1.29 is 14.6 Å². The van der Waals surface area contributed by atoms with E-state index in [-0.39, 0.29) is 6.10 Å². The highest BCUT2D eigenvalue weighted by Gasteiger charge is 2.42. The minimum Gasteiger partial charge on any atom is -0.490 e. The van der Waals surface area contributed by atoms with E-state index in [0.29, 0.717) is 12.8 Å². The van der Waals surface area contributed by atoms with Crippen LogP contribution in [0.3, 0.4) is 0 Å². The summed E-state index contributed by atoms with van der Waals surface area (Å²) in [7, 11) is 1.72. The van der Waals surface area contributed by atoms with E-state index in [0.717, 1.165) is 29.7 Å². The van der Waals surface area contributed by atoms with Crippen LogP contribution in [0.15, 0.2) is 18.2 Å². The molecule has 1 aromatic carbocycles. The maximum atomic E-state index is 11.5. The van der Waals surface area contributed by atoms with Gasteiger partial charge in [-0.3, -0.25) is 4.79 Å². The number of likely N-dealkylation sites (N-methyl/N-ethyl adjacent to an activating group) is 1. The predicted octanol–water partition coefficient (Wildman–Crippen LogP) is 2.67. The molecule has 110 valence electrons. The van der Waals surface area contributed by atoms with Gasteiger partial charge in [-0.15, -0.1) is 0 Å². The Morgan fingerprint density at radius 2 is 2.20 bits per heavy atom. The molecule has 1 aliphatic rings. The molecule has 20 heavy (non-hydrogen) atoms. The Labute approximate surface area is 120 Å². The fourth-order valence-electron chi connectivity index (χ4n) is 2.87. The number of ether oxygens (including phenoxy) is 1. The molecule has 4 nitrogen and oxygen atoms in total. The van der Waals surface area contributed by atoms with Crippen molar-refractivity contribution in [2.75, 3.05) is 7.05 Å². The smallest absolute Gasteiger partial charge is 0.324 e. The highest BCUT2D eigenvalue weighted by atomic mass is 16.5. The van der Waals surface area contributed by atoms with E-state index in [9.17, 15) is 9.90 Å². The van der Waals surface area contributed by atoms with Gasteiger partial charge in [0.25, 0.3) is 0 Å². The van der Waals surface area contributed by atoms with Gasteiger partial charge in [-0.1, -0.05) is 12.1 Å². The molecule has 0 bridgehead atoms. The standard InChI is InChI=1S/C16H23NO3/c1-11-6-7-12(2)14(9-11)20-13-5-4-8-16(10-13,17-3)15(18)19/h6-7,9,13,17H,4-5,8,10H2,1-3H3,(H,18,19). The summed E-state index contributed by atoms with van der Waals surface area (Å²) < 4.78 is 6.07. The molecule has 4 heteroatoms. The summed E-state index contributed by atoms with van der Waals surface area (Å²) in [6, 6.07) is 6.11. The Morgan fingerprint density at radius 1 is 1.45 bits per heavy atom. The highest BCUT2D eigenvalue weighted by Crippen LogP contribution is 2.32. The Morgan fingerprint density at radius 3 is 2.85 bits per heavy atom. The zero-order valence-corrected chi connectivity index (χ0v) is 12.4. The molecule has 1 saturated carbocycles. The van der Waals surface area contributed by atoms with E-state index in [2.05, 4.69) is 11.4 Å². The number of carboxylic acids is 1. The monoisotopic (exact) mass is 277 g/mol. The van der Waals surface area contributed by atoms with Crippen molar-refractivity contribution in [2.45, 2.75) is 51.2 Å². The average molecular weight is 277 g/mol. The number of carboxylic acid groups (broad SMARTS) is 1. The highest BCUT2D eigenvalue weighted by molar-refractivity contribution is 5.79. The molecule has 0 saturated heterocycles. The van der Waals surface area contributed by atoms with Crippen LogP contribution in [0.4, 0.5) is 0 Å². The largest absolute Gasteiger partial charge is 0.490 e. The first kappa shape index (κ1) is 14.9. The molecule has 2 rings (SSSR count). The Hall–Kier alpha value is -1.55. The van der Waals surface area contributed by atoms with Crippen molar-refractivity contribution in [3.05, 3.63) is 29.3 Å². The summed E-state index contributed by atoms with van der Waals surface area (Å²) in [4.78, 5) is 11.5. The van der Waals surface area contributed by atoms with Crippen molar-refractivity contribution in [1.82, 2.24) is 5.32 Å². The third kappa shape index (κ3) is 2.96. The third-order valence-electron chi connectivity index (χ3n) is 4.23. The molecule has 0 amide bonds. The van der Waals surface area contributed by atoms with Gasteiger partial charge < -0.3 is 15.2 Å². The van der Waals surface area contributed by atoms with Gasteiger partial charge in [0.2, 0.25) is 0 Å². The minimum atomic E-state index is -0.847. The number of aliphatic carboxylic acids is 1. The summed E-state index contributed by atoms with van der Waals surface area (Å²) in [6.07, 6.45) is 2.89. The van der Waals surface area contributed by atoms with Gasteiger partial charge in [-0.2, -0.15) is 0 Å². The molecule has 2 N–H and O–H groups in total. The van der Waals surface area contributed by atoms with E-state index in [4.69, 9.17) is 4.74 Å². The zero-order chi connectivity index (χ0) is 14.8. The van der Waals surface area contributed by atoms with E-state index in [1.54, 1.807) is 7.05 Å². The normalized spacial score (nSPS) is 26.2. The minimum absolute atomic E-state index is 0.0483. The molecule has 2 atom stereocenters. The summed E-state index contributed by atoms with van der Waals surface area (Å²) in [6.45, 7) is 4.04. The van der Waals surface area contributed by atoms with Crippen LogP contribution in [0.25, 0.3) is 0 Å². The van der Waals surface area contributed by atoms with Gasteiger partial charge in [0.1, 0.15) is 17.4 Å². The van der Waals surface area contributed by atoms with Crippen LogP contribution in [0.1, 0.15) is 36.8 Å². The van der Waals surface area contributed by atoms with Gasteiger partial charge in [0, 0.05) is 6.42 Å². The topological polar surface area (TPSA) is 58.6 Å². The van der Waals surface area contributed by atoms with Gasteiger partial charge in [0.15, 0.2) is 0 Å². The number of nitrogens with one attached hydrogen (secondary N) is 1. The van der Waals surface area contributed by atoms with Crippen LogP contribution in [-0.4, -0.2) is 29.8 Å². The lowest BCUT2D eigenvalue weighted by molar-refractivity contribution is -0.147. The number of aryl methyl sites for hydroxylation is 2. The average Bonchev–Trinajstić information content (AvgIpc) is 2.43. The Bertz CT molecular complexity index is 500. The maximum Gasteiger partial charge on any atom is 0.324 e. The summed E-state index contributed by atoms with van der Waals surface area (Å²) in [5, 5.41) is 12.4. The van der Waals surface area contributed by atoms with Crippen LogP contribution in [0, 0.1) is 13.8 Å². The molecule has 0 aromatic heterocycles. The molecule has 1 aromatic rings. The molecule has 1 fully saturated rings. The molecular weight excluding hydrogens is 254 g/mol. The summed E-state index contributed by atoms with van der Waals surface area (Å²) in [5.74, 6) is 0.0848. The first-order valence-electron chi connectivity index (χ1n) is 7.13. The first-order valence-corrected chi connectivity index (χ1v) is 7.13. The molecule has 0 radical (unpaired) electrons. The Balaban J connectivity index is 2.13. The second kappa shape index (κ2) is 5.83. The molecular formula is C16H23NO3. The fraction of sp³-hybridized carbons (Fsp3) is 0.562. The number of hydrogen-bond donors (Lipinski definition) is 2. The second-order valence-electron chi connectivity index (χ2n) is 5.74. The summed E-state index contributed by atoms with van der Waals surface area (Å²) in [5.41, 5.74) is 1.40. The van der Waals surface area contributed by atoms with Crippen LogP contribution < -0.4 is 10.1 Å². The van der Waals surface area contributed by atoms with E-state index in [1.165, 1.54) is 0 Å². The number of rotatable bonds is 4. The van der Waals surface area contributed by atoms with Crippen molar-refractivity contribution >= 4 is 5.97 Å². The van der Waals surface area contributed by atoms with E-state index >= 15 is 0 Å². The molecule has 2 unspecified atom stereocenters. The van der Waals surface area contributed by atoms with Crippen molar-refractivity contribution in [3.63, 3.8) is 0 Å². The van der Waals surface area contributed by atoms with Crippen molar-refractivity contribution in [2.24, 2.45) is 0 Å². The quantitative estimate of drug-likeness (QED) is 0.888. The Kier molecular flexibility index (Phi) is 4.33. The predicted molar refractivity (Wildman–Crippen MR) is 78.2 cm³/mol. The van der Waals surface area contributed by atoms with Crippen molar-refractivity contribution in [3.8, 4) is 5.75 Å².